The standard InChI is InChI=1S/C23H24FN3O3S/c1-31-15-19-18-4-2-3-5-20(18)30-22(19)23(29)27-12-10-26(11-13-27)14-21(28)25-17-8-6-16(24)7-9-17/h2-9H,10-15H2,1H3,(H,25,28). The molecule has 0 aliphatic carbocycles. The minimum atomic E-state index is -0.344. The quantitative estimate of drug-likeness (QED) is 0.630. The number of nitrogens with zero attached hydrogens (tertiary/aromatic N) is 2. The molecular weight excluding hydrogens is 417 g/mol. The average Bonchev–Trinajstić information content (AvgIpc) is 3.14. The topological polar surface area (TPSA) is 65.8 Å². The first-order valence-corrected chi connectivity index (χ1v) is 11.5. The highest BCUT2D eigenvalue weighted by atomic mass is 32.2. The first kappa shape index (κ1) is 21.4. The second-order valence-corrected chi connectivity index (χ2v) is 8.33. The van der Waals surface area contributed by atoms with E-state index >= 15 is 0 Å². The lowest BCUT2D eigenvalue weighted by Crippen LogP contribution is -2.50. The van der Waals surface area contributed by atoms with E-state index in [4.69, 9.17) is 4.42 Å². The van der Waals surface area contributed by atoms with Gasteiger partial charge in [-0.3, -0.25) is 14.5 Å². The van der Waals surface area contributed by atoms with Gasteiger partial charge in [-0.25, -0.2) is 4.39 Å². The van der Waals surface area contributed by atoms with Crippen molar-refractivity contribution in [2.24, 2.45) is 0 Å². The maximum absolute atomic E-state index is 13.2. The molecule has 1 aliphatic heterocycles. The molecule has 1 saturated heterocycles. The van der Waals surface area contributed by atoms with Gasteiger partial charge in [0.2, 0.25) is 5.91 Å². The number of para-hydroxylation sites is 1. The van der Waals surface area contributed by atoms with E-state index in [-0.39, 0.29) is 24.2 Å². The van der Waals surface area contributed by atoms with Gasteiger partial charge in [0.15, 0.2) is 5.76 Å². The highest BCUT2D eigenvalue weighted by molar-refractivity contribution is 7.97. The molecule has 2 amide bonds. The molecule has 0 bridgehead atoms. The number of hydrogen-bond acceptors (Lipinski definition) is 5. The minimum Gasteiger partial charge on any atom is -0.451 e. The van der Waals surface area contributed by atoms with Crippen molar-refractivity contribution in [2.75, 3.05) is 44.3 Å². The fourth-order valence-electron chi connectivity index (χ4n) is 3.75. The molecule has 0 spiro atoms. The van der Waals surface area contributed by atoms with Gasteiger partial charge in [0.1, 0.15) is 11.4 Å². The van der Waals surface area contributed by atoms with Crippen molar-refractivity contribution in [3.63, 3.8) is 0 Å². The van der Waals surface area contributed by atoms with Crippen LogP contribution in [0.5, 0.6) is 0 Å². The van der Waals surface area contributed by atoms with Gasteiger partial charge >= 0.3 is 0 Å². The number of thioether (sulfide) groups is 1. The van der Waals surface area contributed by atoms with Crippen LogP contribution in [-0.4, -0.2) is 60.6 Å². The second-order valence-electron chi connectivity index (χ2n) is 7.46. The van der Waals surface area contributed by atoms with Crippen LogP contribution < -0.4 is 5.32 Å². The zero-order chi connectivity index (χ0) is 21.8. The van der Waals surface area contributed by atoms with Gasteiger partial charge in [-0.05, 0) is 36.6 Å². The van der Waals surface area contributed by atoms with Gasteiger partial charge in [-0.15, -0.1) is 0 Å². The van der Waals surface area contributed by atoms with Gasteiger partial charge in [0.05, 0.1) is 6.54 Å². The largest absolute Gasteiger partial charge is 0.451 e. The van der Waals surface area contributed by atoms with Crippen LogP contribution >= 0.6 is 11.8 Å². The van der Waals surface area contributed by atoms with Crippen LogP contribution in [-0.2, 0) is 10.5 Å². The summed E-state index contributed by atoms with van der Waals surface area (Å²) in [6.45, 7) is 2.47. The number of rotatable bonds is 6. The van der Waals surface area contributed by atoms with Gasteiger partial charge < -0.3 is 14.6 Å². The summed E-state index contributed by atoms with van der Waals surface area (Å²) >= 11 is 1.66. The SMILES string of the molecule is CSCc1c(C(=O)N2CCN(CC(=O)Nc3ccc(F)cc3)CC2)oc2ccccc12. The fraction of sp³-hybridized carbons (Fsp3) is 0.304. The van der Waals surface area contributed by atoms with Crippen LogP contribution in [0, 0.1) is 5.82 Å². The van der Waals surface area contributed by atoms with Gasteiger partial charge in [0.25, 0.3) is 5.91 Å². The van der Waals surface area contributed by atoms with Crippen molar-refractivity contribution in [1.29, 1.82) is 0 Å². The molecule has 162 valence electrons. The van der Waals surface area contributed by atoms with Crippen LogP contribution in [0.1, 0.15) is 16.1 Å². The van der Waals surface area contributed by atoms with Crippen LogP contribution in [0.4, 0.5) is 10.1 Å². The molecule has 0 radical (unpaired) electrons. The van der Waals surface area contributed by atoms with Crippen molar-refractivity contribution in [3.05, 3.63) is 65.7 Å². The third-order valence-electron chi connectivity index (χ3n) is 5.34. The van der Waals surface area contributed by atoms with E-state index in [1.54, 1.807) is 16.7 Å². The number of anilines is 1. The Morgan fingerprint density at radius 2 is 1.77 bits per heavy atom. The molecule has 0 saturated carbocycles. The molecule has 3 aromatic rings. The molecule has 1 aromatic heterocycles. The van der Waals surface area contributed by atoms with E-state index in [0.717, 1.165) is 16.5 Å². The zero-order valence-corrected chi connectivity index (χ0v) is 18.1. The lowest BCUT2D eigenvalue weighted by Gasteiger charge is -2.34. The average molecular weight is 442 g/mol. The van der Waals surface area contributed by atoms with E-state index in [1.165, 1.54) is 24.3 Å². The number of benzene rings is 2. The first-order valence-electron chi connectivity index (χ1n) is 10.1. The summed E-state index contributed by atoms with van der Waals surface area (Å²) < 4.78 is 18.9. The third kappa shape index (κ3) is 4.91. The molecule has 1 aliphatic rings. The van der Waals surface area contributed by atoms with Gasteiger partial charge in [-0.1, -0.05) is 18.2 Å². The molecular formula is C23H24FN3O3S. The number of furan rings is 1. The van der Waals surface area contributed by atoms with Crippen molar-refractivity contribution >= 4 is 40.2 Å². The Hall–Kier alpha value is -2.84. The Kier molecular flexibility index (Phi) is 6.58. The summed E-state index contributed by atoms with van der Waals surface area (Å²) in [6.07, 6.45) is 2.01. The lowest BCUT2D eigenvalue weighted by molar-refractivity contribution is -0.117. The van der Waals surface area contributed by atoms with Crippen LogP contribution in [0.2, 0.25) is 0 Å². The summed E-state index contributed by atoms with van der Waals surface area (Å²) in [6, 6.07) is 13.4. The smallest absolute Gasteiger partial charge is 0.290 e. The summed E-state index contributed by atoms with van der Waals surface area (Å²) in [5, 5.41) is 3.75. The molecule has 0 atom stereocenters. The van der Waals surface area contributed by atoms with Crippen LogP contribution in [0.25, 0.3) is 11.0 Å². The highest BCUT2D eigenvalue weighted by Gasteiger charge is 2.28. The maximum atomic E-state index is 13.2. The van der Waals surface area contributed by atoms with Crippen LogP contribution in [0.3, 0.4) is 0 Å². The van der Waals surface area contributed by atoms with Gasteiger partial charge in [-0.2, -0.15) is 11.8 Å². The van der Waals surface area contributed by atoms with Crippen molar-refractivity contribution < 1.29 is 18.4 Å². The summed E-state index contributed by atoms with van der Waals surface area (Å²) in [5.41, 5.74) is 2.23. The molecule has 4 rings (SSSR count). The minimum absolute atomic E-state index is 0.101. The monoisotopic (exact) mass is 441 g/mol. The fourth-order valence-corrected chi connectivity index (χ4v) is 4.32. The summed E-state index contributed by atoms with van der Waals surface area (Å²) in [4.78, 5) is 29.2. The van der Waals surface area contributed by atoms with Crippen LogP contribution in [0.15, 0.2) is 52.9 Å². The molecule has 1 fully saturated rings. The number of piperazine rings is 1. The Labute approximate surface area is 184 Å². The zero-order valence-electron chi connectivity index (χ0n) is 17.3. The Morgan fingerprint density at radius 1 is 1.06 bits per heavy atom. The van der Waals surface area contributed by atoms with E-state index in [1.807, 2.05) is 35.4 Å². The second kappa shape index (κ2) is 9.53. The predicted octanol–water partition coefficient (Wildman–Crippen LogP) is 3.83. The lowest BCUT2D eigenvalue weighted by atomic mass is 10.1. The van der Waals surface area contributed by atoms with E-state index in [2.05, 4.69) is 5.32 Å². The van der Waals surface area contributed by atoms with Crippen molar-refractivity contribution in [1.82, 2.24) is 9.80 Å². The van der Waals surface area contributed by atoms with E-state index in [0.29, 0.717) is 43.4 Å². The van der Waals surface area contributed by atoms with Crippen molar-refractivity contribution in [3.8, 4) is 0 Å². The Morgan fingerprint density at radius 3 is 2.48 bits per heavy atom. The molecule has 6 nitrogen and oxygen atoms in total. The number of amides is 2. The normalized spacial score (nSPS) is 14.7. The number of carbonyl (C=O) groups excluding carboxylic acids is 2. The molecule has 2 heterocycles. The molecule has 1 N–H and O–H groups in total. The van der Waals surface area contributed by atoms with E-state index in [9.17, 15) is 14.0 Å². The summed E-state index contributed by atoms with van der Waals surface area (Å²) in [5.74, 6) is 0.519. The first-order chi connectivity index (χ1) is 15.0. The predicted molar refractivity (Wildman–Crippen MR) is 121 cm³/mol. The molecule has 31 heavy (non-hydrogen) atoms. The number of halogens is 1. The molecule has 0 unspecified atom stereocenters. The highest BCUT2D eigenvalue weighted by Crippen LogP contribution is 2.29. The Bertz CT molecular complexity index is 1080. The Balaban J connectivity index is 1.36. The number of hydrogen-bond donors (Lipinski definition) is 1. The molecule has 8 heteroatoms. The molecule has 2 aromatic carbocycles. The third-order valence-corrected chi connectivity index (χ3v) is 5.91. The maximum Gasteiger partial charge on any atom is 0.290 e. The summed E-state index contributed by atoms with van der Waals surface area (Å²) in [7, 11) is 0. The number of fused-ring (bicyclic) bond motifs is 1. The van der Waals surface area contributed by atoms with Gasteiger partial charge in [0, 0.05) is 48.6 Å². The van der Waals surface area contributed by atoms with Crippen molar-refractivity contribution in [2.45, 2.75) is 5.75 Å². The number of nitrogens with one attached hydrogen (secondary N) is 1. The van der Waals surface area contributed by atoms with E-state index < -0.39 is 0 Å². The number of carbonyl (C=O) groups is 2.